The fraction of sp³-hybridized carbons (Fsp3) is 0.861. The maximum atomic E-state index is 12.4. The predicted octanol–water partition coefficient (Wildman–Crippen LogP) is 9.09. The third-order valence-electron chi connectivity index (χ3n) is 8.04. The quantitative estimate of drug-likeness (QED) is 0.0487. The minimum absolute atomic E-state index is 0.374. The molecule has 0 bridgehead atoms. The van der Waals surface area contributed by atoms with Gasteiger partial charge >= 0.3 is 0 Å². The van der Waals surface area contributed by atoms with Gasteiger partial charge in [0.25, 0.3) is 0 Å². The van der Waals surface area contributed by atoms with E-state index in [0.29, 0.717) is 6.42 Å². The second-order valence-electron chi connectivity index (χ2n) is 12.1. The van der Waals surface area contributed by atoms with Crippen LogP contribution >= 0.6 is 0 Å². The van der Waals surface area contributed by atoms with Gasteiger partial charge in [-0.2, -0.15) is 0 Å². The van der Waals surface area contributed by atoms with Crippen molar-refractivity contribution in [1.29, 1.82) is 0 Å². The summed E-state index contributed by atoms with van der Waals surface area (Å²) in [4.78, 5) is 12.4. The zero-order valence-electron chi connectivity index (χ0n) is 27.2. The van der Waals surface area contributed by atoms with E-state index in [4.69, 9.17) is 0 Å². The fourth-order valence-electron chi connectivity index (χ4n) is 5.20. The highest BCUT2D eigenvalue weighted by Crippen LogP contribution is 2.14. The summed E-state index contributed by atoms with van der Waals surface area (Å²) >= 11 is 0. The van der Waals surface area contributed by atoms with Crippen LogP contribution in [0.4, 0.5) is 0 Å². The van der Waals surface area contributed by atoms with Crippen molar-refractivity contribution in [2.75, 3.05) is 6.61 Å². The van der Waals surface area contributed by atoms with Gasteiger partial charge < -0.3 is 20.6 Å². The van der Waals surface area contributed by atoms with E-state index in [2.05, 4.69) is 31.3 Å². The molecule has 0 radical (unpaired) electrons. The number of carbonyl (C=O) groups is 1. The highest BCUT2D eigenvalue weighted by Gasteiger charge is 2.22. The van der Waals surface area contributed by atoms with Crippen molar-refractivity contribution in [1.82, 2.24) is 5.32 Å². The van der Waals surface area contributed by atoms with Crippen molar-refractivity contribution >= 4 is 5.91 Å². The monoisotopic (exact) mass is 580 g/mol. The first-order valence-electron chi connectivity index (χ1n) is 17.7. The molecule has 0 aliphatic rings. The lowest BCUT2D eigenvalue weighted by Gasteiger charge is -2.21. The molecule has 0 rings (SSSR count). The minimum Gasteiger partial charge on any atom is -0.394 e. The van der Waals surface area contributed by atoms with Crippen LogP contribution < -0.4 is 5.32 Å². The number of aliphatic hydroxyl groups is 3. The van der Waals surface area contributed by atoms with Crippen LogP contribution in [0.25, 0.3) is 0 Å². The molecule has 0 heterocycles. The van der Waals surface area contributed by atoms with E-state index in [1.807, 2.05) is 6.08 Å². The number of unbranched alkanes of at least 4 members (excludes halogenated alkanes) is 21. The standard InChI is InChI=1S/C36H69NO4/c1-3-5-7-9-11-13-15-17-19-20-22-24-26-28-30-34(39)33(32-38)37-36(41)35(40)31-29-27-25-23-21-18-16-14-12-10-8-6-4-2/h20,22,28,30,33-35,38-40H,3-19,21,23-27,29,31-32H2,1-2H3,(H,37,41)/b22-20+,30-28+. The summed E-state index contributed by atoms with van der Waals surface area (Å²) in [6.07, 6.45) is 36.2. The smallest absolute Gasteiger partial charge is 0.249 e. The largest absolute Gasteiger partial charge is 0.394 e. The molecular weight excluding hydrogens is 510 g/mol. The molecule has 0 saturated heterocycles. The normalized spacial score (nSPS) is 14.2. The first-order valence-corrected chi connectivity index (χ1v) is 17.7. The van der Waals surface area contributed by atoms with Crippen LogP contribution in [-0.2, 0) is 4.79 Å². The molecule has 0 spiro atoms. The summed E-state index contributed by atoms with van der Waals surface area (Å²) in [5.74, 6) is -0.515. The summed E-state index contributed by atoms with van der Waals surface area (Å²) in [6, 6.07) is -0.808. The maximum absolute atomic E-state index is 12.4. The molecule has 5 heteroatoms. The lowest BCUT2D eigenvalue weighted by molar-refractivity contribution is -0.131. The van der Waals surface area contributed by atoms with Gasteiger partial charge in [-0.3, -0.25) is 4.79 Å². The van der Waals surface area contributed by atoms with Crippen molar-refractivity contribution in [3.8, 4) is 0 Å². The van der Waals surface area contributed by atoms with E-state index in [0.717, 1.165) is 38.5 Å². The van der Waals surface area contributed by atoms with E-state index in [1.54, 1.807) is 6.08 Å². The number of carbonyl (C=O) groups excluding carboxylic acids is 1. The van der Waals surface area contributed by atoms with Crippen molar-refractivity contribution in [3.05, 3.63) is 24.3 Å². The number of amides is 1. The first kappa shape index (κ1) is 39.8. The van der Waals surface area contributed by atoms with Crippen LogP contribution in [0.2, 0.25) is 0 Å². The van der Waals surface area contributed by atoms with E-state index >= 15 is 0 Å². The Bertz CT molecular complexity index is 606. The Hall–Kier alpha value is -1.17. The number of allylic oxidation sites excluding steroid dienone is 3. The van der Waals surface area contributed by atoms with E-state index in [1.165, 1.54) is 116 Å². The molecule has 0 aromatic heterocycles. The molecule has 242 valence electrons. The maximum Gasteiger partial charge on any atom is 0.249 e. The summed E-state index contributed by atoms with van der Waals surface area (Å²) < 4.78 is 0. The van der Waals surface area contributed by atoms with E-state index in [-0.39, 0.29) is 6.61 Å². The van der Waals surface area contributed by atoms with Gasteiger partial charge in [0.1, 0.15) is 6.10 Å². The van der Waals surface area contributed by atoms with Crippen LogP contribution in [0.3, 0.4) is 0 Å². The second kappa shape index (κ2) is 31.8. The van der Waals surface area contributed by atoms with Crippen LogP contribution in [0, 0.1) is 0 Å². The Morgan fingerprint density at radius 2 is 1.00 bits per heavy atom. The molecule has 3 unspecified atom stereocenters. The molecule has 0 aliphatic carbocycles. The molecule has 4 N–H and O–H groups in total. The van der Waals surface area contributed by atoms with Crippen molar-refractivity contribution < 1.29 is 20.1 Å². The van der Waals surface area contributed by atoms with Gasteiger partial charge in [0, 0.05) is 0 Å². The number of rotatable bonds is 31. The van der Waals surface area contributed by atoms with E-state index in [9.17, 15) is 20.1 Å². The lowest BCUT2D eigenvalue weighted by atomic mass is 10.0. The zero-order chi connectivity index (χ0) is 30.2. The predicted molar refractivity (Wildman–Crippen MR) is 176 cm³/mol. The molecule has 1 amide bonds. The third-order valence-corrected chi connectivity index (χ3v) is 8.04. The minimum atomic E-state index is -1.10. The lowest BCUT2D eigenvalue weighted by Crippen LogP contribution is -2.48. The molecule has 41 heavy (non-hydrogen) atoms. The molecule has 0 aromatic carbocycles. The summed E-state index contributed by atoms with van der Waals surface area (Å²) in [7, 11) is 0. The molecule has 0 aliphatic heterocycles. The third kappa shape index (κ3) is 27.4. The van der Waals surface area contributed by atoms with Gasteiger partial charge in [0.15, 0.2) is 0 Å². The fourth-order valence-corrected chi connectivity index (χ4v) is 5.20. The van der Waals surface area contributed by atoms with Gasteiger partial charge in [-0.1, -0.05) is 167 Å². The molecule has 0 fully saturated rings. The molecule has 3 atom stereocenters. The molecule has 0 aromatic rings. The van der Waals surface area contributed by atoms with Crippen LogP contribution in [0.15, 0.2) is 24.3 Å². The van der Waals surface area contributed by atoms with Gasteiger partial charge in [0.05, 0.1) is 18.8 Å². The topological polar surface area (TPSA) is 89.8 Å². The number of aliphatic hydroxyl groups excluding tert-OH is 3. The Balaban J connectivity index is 3.81. The van der Waals surface area contributed by atoms with E-state index < -0.39 is 24.2 Å². The van der Waals surface area contributed by atoms with Gasteiger partial charge in [-0.15, -0.1) is 0 Å². The number of hydrogen-bond donors (Lipinski definition) is 4. The zero-order valence-corrected chi connectivity index (χ0v) is 27.2. The average Bonchev–Trinajstić information content (AvgIpc) is 2.98. The highest BCUT2D eigenvalue weighted by molar-refractivity contribution is 5.80. The first-order chi connectivity index (χ1) is 20.1. The summed E-state index contributed by atoms with van der Waals surface area (Å²) in [6.45, 7) is 4.14. The van der Waals surface area contributed by atoms with Crippen LogP contribution in [-0.4, -0.2) is 46.1 Å². The van der Waals surface area contributed by atoms with Crippen LogP contribution in [0.1, 0.15) is 174 Å². The Kier molecular flexibility index (Phi) is 30.9. The van der Waals surface area contributed by atoms with Crippen molar-refractivity contribution in [3.63, 3.8) is 0 Å². The number of nitrogens with one attached hydrogen (secondary N) is 1. The van der Waals surface area contributed by atoms with Gasteiger partial charge in [-0.25, -0.2) is 0 Å². The molecular formula is C36H69NO4. The summed E-state index contributed by atoms with van der Waals surface area (Å²) in [5.41, 5.74) is 0. The second-order valence-corrected chi connectivity index (χ2v) is 12.1. The van der Waals surface area contributed by atoms with Crippen LogP contribution in [0.5, 0.6) is 0 Å². The number of hydrogen-bond acceptors (Lipinski definition) is 4. The Morgan fingerprint density at radius 1 is 0.585 bits per heavy atom. The Labute approximate surface area is 254 Å². The van der Waals surface area contributed by atoms with Gasteiger partial charge in [0.2, 0.25) is 5.91 Å². The molecule has 0 saturated carbocycles. The van der Waals surface area contributed by atoms with Crippen molar-refractivity contribution in [2.24, 2.45) is 0 Å². The van der Waals surface area contributed by atoms with Crippen molar-refractivity contribution in [2.45, 2.75) is 193 Å². The molecule has 5 nitrogen and oxygen atoms in total. The van der Waals surface area contributed by atoms with Gasteiger partial charge in [-0.05, 0) is 32.1 Å². The Morgan fingerprint density at radius 3 is 1.49 bits per heavy atom. The average molecular weight is 580 g/mol. The summed E-state index contributed by atoms with van der Waals surface area (Å²) in [5, 5.41) is 32.8. The SMILES string of the molecule is CCCCCCCCCC/C=C/CC/C=C/C(O)C(CO)NC(=O)C(O)CCCCCCCCCCCCCCC. The highest BCUT2D eigenvalue weighted by atomic mass is 16.3.